The molecule has 23 heavy (non-hydrogen) atoms. The van der Waals surface area contributed by atoms with Crippen LogP contribution >= 0.6 is 0 Å². The van der Waals surface area contributed by atoms with Gasteiger partial charge in [0.25, 0.3) is 0 Å². The number of likely N-dealkylation sites (N-methyl/N-ethyl adjacent to an activating group) is 1. The fourth-order valence-electron chi connectivity index (χ4n) is 2.70. The molecule has 0 fully saturated rings. The lowest BCUT2D eigenvalue weighted by Crippen LogP contribution is -2.29. The van der Waals surface area contributed by atoms with Gasteiger partial charge in [0, 0.05) is 31.5 Å². The van der Waals surface area contributed by atoms with Crippen molar-refractivity contribution >= 4 is 16.9 Å². The molecule has 118 valence electrons. The Labute approximate surface area is 136 Å². The molecule has 3 aromatic rings. The van der Waals surface area contributed by atoms with Crippen LogP contribution in [0.1, 0.15) is 12.5 Å². The van der Waals surface area contributed by atoms with Gasteiger partial charge in [0.1, 0.15) is 6.54 Å². The van der Waals surface area contributed by atoms with E-state index in [1.54, 1.807) is 4.90 Å². The van der Waals surface area contributed by atoms with Crippen LogP contribution < -0.4 is 0 Å². The molecule has 0 radical (unpaired) electrons. The summed E-state index contributed by atoms with van der Waals surface area (Å²) in [5.41, 5.74) is 5.24. The first kappa shape index (κ1) is 15.3. The van der Waals surface area contributed by atoms with Crippen molar-refractivity contribution in [2.24, 2.45) is 0 Å². The van der Waals surface area contributed by atoms with E-state index in [1.807, 2.05) is 56.1 Å². The van der Waals surface area contributed by atoms with E-state index in [1.165, 1.54) is 0 Å². The fourth-order valence-corrected chi connectivity index (χ4v) is 2.70. The van der Waals surface area contributed by atoms with Crippen LogP contribution in [0.3, 0.4) is 0 Å². The summed E-state index contributed by atoms with van der Waals surface area (Å²) < 4.78 is 2.00. The minimum atomic E-state index is 0.106. The molecule has 0 N–H and O–H groups in total. The molecule has 0 bridgehead atoms. The molecule has 0 atom stereocenters. The predicted molar refractivity (Wildman–Crippen MR) is 93.2 cm³/mol. The van der Waals surface area contributed by atoms with Gasteiger partial charge in [-0.3, -0.25) is 9.78 Å². The van der Waals surface area contributed by atoms with E-state index < -0.39 is 0 Å². The van der Waals surface area contributed by atoms with E-state index >= 15 is 0 Å². The summed E-state index contributed by atoms with van der Waals surface area (Å²) in [6, 6.07) is 12.3. The Morgan fingerprint density at radius 2 is 1.96 bits per heavy atom. The van der Waals surface area contributed by atoms with Crippen LogP contribution in [-0.2, 0) is 11.3 Å². The highest BCUT2D eigenvalue weighted by atomic mass is 16.2. The zero-order valence-corrected chi connectivity index (χ0v) is 13.8. The topological polar surface area (TPSA) is 38.1 Å². The minimum absolute atomic E-state index is 0.106. The highest BCUT2D eigenvalue weighted by Crippen LogP contribution is 2.25. The monoisotopic (exact) mass is 307 g/mol. The molecule has 0 aliphatic heterocycles. The van der Waals surface area contributed by atoms with Crippen LogP contribution in [0.2, 0.25) is 0 Å². The van der Waals surface area contributed by atoms with Gasteiger partial charge in [-0.1, -0.05) is 30.3 Å². The van der Waals surface area contributed by atoms with Gasteiger partial charge in [-0.2, -0.15) is 0 Å². The maximum atomic E-state index is 12.2. The second-order valence-electron chi connectivity index (χ2n) is 5.81. The van der Waals surface area contributed by atoms with Gasteiger partial charge in [0.15, 0.2) is 0 Å². The van der Waals surface area contributed by atoms with E-state index in [0.717, 1.165) is 27.7 Å². The van der Waals surface area contributed by atoms with E-state index in [4.69, 9.17) is 0 Å². The maximum absolute atomic E-state index is 12.2. The number of carbonyl (C=O) groups excluding carboxylic acids is 1. The fraction of sp³-hybridized carbons (Fsp3) is 0.263. The lowest BCUT2D eigenvalue weighted by Gasteiger charge is -2.15. The van der Waals surface area contributed by atoms with Crippen molar-refractivity contribution in [3.8, 4) is 11.1 Å². The third kappa shape index (κ3) is 2.97. The quantitative estimate of drug-likeness (QED) is 0.740. The molecule has 0 saturated heterocycles. The number of rotatable bonds is 4. The Balaban J connectivity index is 2.03. The summed E-state index contributed by atoms with van der Waals surface area (Å²) in [7, 11) is 1.83. The van der Waals surface area contributed by atoms with Gasteiger partial charge in [0.05, 0.1) is 11.0 Å². The molecule has 0 unspecified atom stereocenters. The molecule has 4 heteroatoms. The number of fused-ring (bicyclic) bond motifs is 1. The molecule has 0 saturated carbocycles. The summed E-state index contributed by atoms with van der Waals surface area (Å²) in [6.07, 6.45) is 3.91. The first-order valence-electron chi connectivity index (χ1n) is 7.85. The lowest BCUT2D eigenvalue weighted by atomic mass is 10.1. The third-order valence-corrected chi connectivity index (χ3v) is 4.21. The zero-order valence-electron chi connectivity index (χ0n) is 13.8. The SMILES string of the molecule is CCN(C)C(=O)Cn1cc(C)c2ncc(-c3ccccc3)cc21. The van der Waals surface area contributed by atoms with Crippen molar-refractivity contribution in [1.82, 2.24) is 14.5 Å². The molecule has 2 aromatic heterocycles. The van der Waals surface area contributed by atoms with Gasteiger partial charge in [-0.05, 0) is 31.0 Å². The van der Waals surface area contributed by atoms with E-state index in [2.05, 4.69) is 23.2 Å². The van der Waals surface area contributed by atoms with E-state index in [0.29, 0.717) is 13.1 Å². The van der Waals surface area contributed by atoms with Crippen LogP contribution in [0.4, 0.5) is 0 Å². The molecule has 4 nitrogen and oxygen atoms in total. The second kappa shape index (κ2) is 6.24. The second-order valence-corrected chi connectivity index (χ2v) is 5.81. The summed E-state index contributed by atoms with van der Waals surface area (Å²) in [4.78, 5) is 18.6. The van der Waals surface area contributed by atoms with Crippen LogP contribution in [0, 0.1) is 6.92 Å². The van der Waals surface area contributed by atoms with Crippen molar-refractivity contribution in [1.29, 1.82) is 0 Å². The summed E-state index contributed by atoms with van der Waals surface area (Å²) in [6.45, 7) is 5.06. The first-order valence-corrected chi connectivity index (χ1v) is 7.85. The molecular formula is C19H21N3O. The van der Waals surface area contributed by atoms with Gasteiger partial charge < -0.3 is 9.47 Å². The highest BCUT2D eigenvalue weighted by Gasteiger charge is 2.13. The number of aromatic nitrogens is 2. The molecule has 3 rings (SSSR count). The molecular weight excluding hydrogens is 286 g/mol. The molecule has 0 aliphatic rings. The first-order chi connectivity index (χ1) is 11.1. The Bertz CT molecular complexity index is 836. The van der Waals surface area contributed by atoms with Crippen LogP contribution in [0.15, 0.2) is 48.8 Å². The van der Waals surface area contributed by atoms with Crippen LogP contribution in [0.25, 0.3) is 22.2 Å². The summed E-state index contributed by atoms with van der Waals surface area (Å²) >= 11 is 0. The normalized spacial score (nSPS) is 10.9. The Kier molecular flexibility index (Phi) is 4.15. The van der Waals surface area contributed by atoms with Crippen molar-refractivity contribution < 1.29 is 4.79 Å². The Hall–Kier alpha value is -2.62. The number of benzene rings is 1. The summed E-state index contributed by atoms with van der Waals surface area (Å²) in [5.74, 6) is 0.106. The lowest BCUT2D eigenvalue weighted by molar-refractivity contribution is -0.130. The average Bonchev–Trinajstić information content (AvgIpc) is 2.90. The van der Waals surface area contributed by atoms with Gasteiger partial charge in [0.2, 0.25) is 5.91 Å². The van der Waals surface area contributed by atoms with Crippen molar-refractivity contribution in [2.45, 2.75) is 20.4 Å². The number of hydrogen-bond donors (Lipinski definition) is 0. The Morgan fingerprint density at radius 1 is 1.22 bits per heavy atom. The number of carbonyl (C=O) groups is 1. The van der Waals surface area contributed by atoms with E-state index in [9.17, 15) is 4.79 Å². The largest absolute Gasteiger partial charge is 0.344 e. The molecule has 1 aromatic carbocycles. The number of hydrogen-bond acceptors (Lipinski definition) is 2. The smallest absolute Gasteiger partial charge is 0.242 e. The zero-order chi connectivity index (χ0) is 16.4. The standard InChI is InChI=1S/C19H21N3O/c1-4-21(3)18(23)13-22-12-14(2)19-17(22)10-16(11-20-19)15-8-6-5-7-9-15/h5-12H,4,13H2,1-3H3. The number of amides is 1. The number of nitrogens with zero attached hydrogens (tertiary/aromatic N) is 3. The number of pyridine rings is 1. The van der Waals surface area contributed by atoms with E-state index in [-0.39, 0.29) is 5.91 Å². The average molecular weight is 307 g/mol. The van der Waals surface area contributed by atoms with Crippen molar-refractivity contribution in [2.75, 3.05) is 13.6 Å². The maximum Gasteiger partial charge on any atom is 0.242 e. The molecule has 0 aliphatic carbocycles. The van der Waals surface area contributed by atoms with Crippen LogP contribution in [-0.4, -0.2) is 34.0 Å². The predicted octanol–water partition coefficient (Wildman–Crippen LogP) is 3.49. The highest BCUT2D eigenvalue weighted by molar-refractivity contribution is 5.86. The van der Waals surface area contributed by atoms with Crippen molar-refractivity contribution in [3.05, 3.63) is 54.4 Å². The van der Waals surface area contributed by atoms with Crippen molar-refractivity contribution in [3.63, 3.8) is 0 Å². The van der Waals surface area contributed by atoms with Gasteiger partial charge in [-0.25, -0.2) is 0 Å². The summed E-state index contributed by atoms with van der Waals surface area (Å²) in [5, 5.41) is 0. The number of aryl methyl sites for hydroxylation is 1. The third-order valence-electron chi connectivity index (χ3n) is 4.21. The molecule has 1 amide bonds. The van der Waals surface area contributed by atoms with Gasteiger partial charge in [-0.15, -0.1) is 0 Å². The Morgan fingerprint density at radius 3 is 2.65 bits per heavy atom. The minimum Gasteiger partial charge on any atom is -0.344 e. The molecule has 0 spiro atoms. The van der Waals surface area contributed by atoms with Gasteiger partial charge >= 0.3 is 0 Å². The van der Waals surface area contributed by atoms with Crippen LogP contribution in [0.5, 0.6) is 0 Å². The molecule has 2 heterocycles.